The molecule has 1 heterocycles. The molecule has 5 aromatic rings. The van der Waals surface area contributed by atoms with Gasteiger partial charge in [-0.3, -0.25) is 0 Å². The predicted molar refractivity (Wildman–Crippen MR) is 171 cm³/mol. The van der Waals surface area contributed by atoms with E-state index in [0.717, 1.165) is 36.1 Å². The van der Waals surface area contributed by atoms with Crippen molar-refractivity contribution in [3.63, 3.8) is 0 Å². The van der Waals surface area contributed by atoms with E-state index >= 15 is 0 Å². The minimum atomic E-state index is -4.61. The molecule has 0 amide bonds. The normalized spacial score (nSPS) is 11.9. The van der Waals surface area contributed by atoms with Crippen LogP contribution in [0.2, 0.25) is 0 Å². The van der Waals surface area contributed by atoms with Gasteiger partial charge in [-0.25, -0.2) is 21.6 Å². The standard InChI is InChI=1S/C33H32N2O6S2/c1-4-5-6-24-9-18-30(19-10-24)43(39,40)35(42(37,38)29-16-7-23(2)8-17-29)28-15-20-32-26(21-28)22-31(33(36)41-32)25-11-13-27(34-3)14-12-25/h7-22,34H,4-6H2,1-3H3. The maximum atomic E-state index is 14.2. The lowest BCUT2D eigenvalue weighted by atomic mass is 10.1. The van der Waals surface area contributed by atoms with Crippen LogP contribution in [0, 0.1) is 6.92 Å². The third-order valence-corrected chi connectivity index (χ3v) is 11.4. The van der Waals surface area contributed by atoms with Gasteiger partial charge in [-0.05, 0) is 91.6 Å². The molecule has 1 N–H and O–H groups in total. The fourth-order valence-electron chi connectivity index (χ4n) is 4.76. The zero-order valence-electron chi connectivity index (χ0n) is 24.1. The predicted octanol–water partition coefficient (Wildman–Crippen LogP) is 6.74. The number of fused-ring (bicyclic) bond motifs is 1. The summed E-state index contributed by atoms with van der Waals surface area (Å²) in [6.45, 7) is 3.88. The third-order valence-electron chi connectivity index (χ3n) is 7.21. The van der Waals surface area contributed by atoms with Crippen LogP contribution in [0.1, 0.15) is 30.9 Å². The average molecular weight is 617 g/mol. The first-order chi connectivity index (χ1) is 20.5. The zero-order chi connectivity index (χ0) is 30.8. The fourth-order valence-corrected chi connectivity index (χ4v) is 8.43. The zero-order valence-corrected chi connectivity index (χ0v) is 25.7. The molecule has 0 aliphatic carbocycles. The van der Waals surface area contributed by atoms with Crippen molar-refractivity contribution in [1.82, 2.24) is 0 Å². The molecule has 0 atom stereocenters. The van der Waals surface area contributed by atoms with E-state index in [1.807, 2.05) is 19.1 Å². The van der Waals surface area contributed by atoms with E-state index in [1.165, 1.54) is 42.5 Å². The van der Waals surface area contributed by atoms with Gasteiger partial charge in [0, 0.05) is 18.1 Å². The van der Waals surface area contributed by atoms with Crippen molar-refractivity contribution in [2.24, 2.45) is 0 Å². The first-order valence-electron chi connectivity index (χ1n) is 13.9. The summed E-state index contributed by atoms with van der Waals surface area (Å²) in [4.78, 5) is 12.5. The largest absolute Gasteiger partial charge is 0.422 e. The van der Waals surface area contributed by atoms with Gasteiger partial charge in [0.1, 0.15) is 5.58 Å². The van der Waals surface area contributed by atoms with Crippen molar-refractivity contribution in [2.75, 3.05) is 16.1 Å². The highest BCUT2D eigenvalue weighted by Gasteiger charge is 2.37. The Labute approximate surface area is 251 Å². The Morgan fingerprint density at radius 1 is 0.767 bits per heavy atom. The van der Waals surface area contributed by atoms with E-state index < -0.39 is 25.7 Å². The monoisotopic (exact) mass is 616 g/mol. The molecular formula is C33H32N2O6S2. The molecule has 0 radical (unpaired) electrons. The van der Waals surface area contributed by atoms with Gasteiger partial charge in [0.2, 0.25) is 0 Å². The molecule has 0 bridgehead atoms. The minimum absolute atomic E-state index is 0.117. The first-order valence-corrected chi connectivity index (χ1v) is 16.7. The van der Waals surface area contributed by atoms with Crippen LogP contribution in [0.5, 0.6) is 0 Å². The number of unbranched alkanes of at least 4 members (excludes halogenated alkanes) is 1. The fraction of sp³-hybridized carbons (Fsp3) is 0.182. The van der Waals surface area contributed by atoms with E-state index in [9.17, 15) is 21.6 Å². The first kappa shape index (κ1) is 30.1. The summed E-state index contributed by atoms with van der Waals surface area (Å²) in [5.74, 6) is 0. The number of anilines is 2. The van der Waals surface area contributed by atoms with E-state index in [1.54, 1.807) is 49.5 Å². The summed E-state index contributed by atoms with van der Waals surface area (Å²) in [6.07, 6.45) is 2.74. The van der Waals surface area contributed by atoms with Gasteiger partial charge < -0.3 is 9.73 Å². The van der Waals surface area contributed by atoms with Gasteiger partial charge in [-0.2, -0.15) is 3.71 Å². The summed E-state index contributed by atoms with van der Waals surface area (Å²) in [5, 5.41) is 3.38. The van der Waals surface area contributed by atoms with Gasteiger partial charge in [-0.15, -0.1) is 0 Å². The van der Waals surface area contributed by atoms with E-state index in [4.69, 9.17) is 4.42 Å². The molecule has 0 aliphatic heterocycles. The van der Waals surface area contributed by atoms with E-state index in [0.29, 0.717) is 14.7 Å². The molecular weight excluding hydrogens is 585 g/mol. The van der Waals surface area contributed by atoms with Crippen LogP contribution in [0.25, 0.3) is 22.1 Å². The second kappa shape index (κ2) is 12.1. The molecule has 0 fully saturated rings. The van der Waals surface area contributed by atoms with E-state index in [-0.39, 0.29) is 26.6 Å². The molecule has 0 unspecified atom stereocenters. The van der Waals surface area contributed by atoms with Crippen LogP contribution in [-0.4, -0.2) is 23.9 Å². The molecule has 1 aromatic heterocycles. The highest BCUT2D eigenvalue weighted by molar-refractivity contribution is 8.10. The van der Waals surface area contributed by atoms with Crippen molar-refractivity contribution in [3.8, 4) is 11.1 Å². The molecule has 222 valence electrons. The lowest BCUT2D eigenvalue weighted by Crippen LogP contribution is -2.37. The summed E-state index contributed by atoms with van der Waals surface area (Å²) >= 11 is 0. The molecule has 10 heteroatoms. The molecule has 4 aromatic carbocycles. The maximum absolute atomic E-state index is 14.2. The Bertz CT molecular complexity index is 2040. The van der Waals surface area contributed by atoms with Crippen LogP contribution in [0.3, 0.4) is 0 Å². The molecule has 0 saturated heterocycles. The molecule has 0 aliphatic rings. The van der Waals surface area contributed by atoms with Gasteiger partial charge in [0.25, 0.3) is 20.0 Å². The Morgan fingerprint density at radius 2 is 1.37 bits per heavy atom. The van der Waals surface area contributed by atoms with Crippen molar-refractivity contribution >= 4 is 42.4 Å². The number of rotatable bonds is 10. The number of hydrogen-bond donors (Lipinski definition) is 1. The van der Waals surface area contributed by atoms with Crippen molar-refractivity contribution < 1.29 is 21.3 Å². The summed E-state index contributed by atoms with van der Waals surface area (Å²) < 4.78 is 62.5. The summed E-state index contributed by atoms with van der Waals surface area (Å²) in [5.41, 5.74) is 3.00. The topological polar surface area (TPSA) is 114 Å². The van der Waals surface area contributed by atoms with Gasteiger partial charge in [-0.1, -0.05) is 55.3 Å². The highest BCUT2D eigenvalue weighted by Crippen LogP contribution is 2.34. The van der Waals surface area contributed by atoms with Crippen molar-refractivity contribution in [2.45, 2.75) is 42.9 Å². The maximum Gasteiger partial charge on any atom is 0.344 e. The molecule has 5 rings (SSSR count). The van der Waals surface area contributed by atoms with Crippen LogP contribution in [0.4, 0.5) is 11.4 Å². The number of sulfonamides is 2. The third kappa shape index (κ3) is 6.07. The van der Waals surface area contributed by atoms with Crippen molar-refractivity contribution in [1.29, 1.82) is 0 Å². The minimum Gasteiger partial charge on any atom is -0.422 e. The van der Waals surface area contributed by atoms with Crippen molar-refractivity contribution in [3.05, 3.63) is 119 Å². The highest BCUT2D eigenvalue weighted by atomic mass is 32.3. The number of benzene rings is 4. The number of nitrogens with zero attached hydrogens (tertiary/aromatic N) is 1. The van der Waals surface area contributed by atoms with Crippen LogP contribution < -0.4 is 14.7 Å². The Hall–Kier alpha value is -4.41. The molecule has 43 heavy (non-hydrogen) atoms. The molecule has 0 saturated carbocycles. The average Bonchev–Trinajstić information content (AvgIpc) is 3.00. The second-order valence-electron chi connectivity index (χ2n) is 10.3. The van der Waals surface area contributed by atoms with Crippen LogP contribution in [-0.2, 0) is 26.5 Å². The Balaban J connectivity index is 1.68. The summed E-state index contributed by atoms with van der Waals surface area (Å²) in [7, 11) is -7.43. The second-order valence-corrected chi connectivity index (χ2v) is 14.1. The Kier molecular flexibility index (Phi) is 8.43. The smallest absolute Gasteiger partial charge is 0.344 e. The number of nitrogens with one attached hydrogen (secondary N) is 1. The quantitative estimate of drug-likeness (QED) is 0.173. The van der Waals surface area contributed by atoms with Gasteiger partial charge >= 0.3 is 5.63 Å². The SMILES string of the molecule is CCCCc1ccc(S(=O)(=O)N(c2ccc3oc(=O)c(-c4ccc(NC)cc4)cc3c2)S(=O)(=O)c2ccc(C)cc2)cc1. The number of hydrogen-bond acceptors (Lipinski definition) is 7. The molecule has 0 spiro atoms. The molecule has 8 nitrogen and oxygen atoms in total. The van der Waals surface area contributed by atoms with Crippen LogP contribution in [0.15, 0.2) is 116 Å². The Morgan fingerprint density at radius 3 is 1.95 bits per heavy atom. The van der Waals surface area contributed by atoms with Gasteiger partial charge in [0.05, 0.1) is 21.0 Å². The lowest BCUT2D eigenvalue weighted by molar-refractivity contribution is 0.563. The summed E-state index contributed by atoms with van der Waals surface area (Å²) in [6, 6.07) is 25.1. The lowest BCUT2D eigenvalue weighted by Gasteiger charge is -2.24. The number of aryl methyl sites for hydroxylation is 2. The van der Waals surface area contributed by atoms with E-state index in [2.05, 4.69) is 12.2 Å². The van der Waals surface area contributed by atoms with Crippen LogP contribution >= 0.6 is 0 Å². The van der Waals surface area contributed by atoms with Gasteiger partial charge in [0.15, 0.2) is 0 Å².